The Hall–Kier alpha value is -1.10. The molecule has 1 rings (SSSR count). The van der Waals surface area contributed by atoms with Gasteiger partial charge in [0, 0.05) is 13.5 Å². The predicted molar refractivity (Wildman–Crippen MR) is 104 cm³/mol. The molecule has 0 heterocycles. The highest BCUT2D eigenvalue weighted by Crippen LogP contribution is 2.35. The van der Waals surface area contributed by atoms with Gasteiger partial charge in [-0.25, -0.2) is 4.79 Å². The van der Waals surface area contributed by atoms with Crippen LogP contribution in [0.5, 0.6) is 0 Å². The molecule has 0 spiro atoms. The molecule has 3 unspecified atom stereocenters. The lowest BCUT2D eigenvalue weighted by Crippen LogP contribution is -2.36. The average molecular weight is 373 g/mol. The molecular weight excluding hydrogens is 332 g/mol. The number of unbranched alkanes of at least 4 members (excludes halogenated alkanes) is 1. The Labute approximate surface area is 160 Å². The van der Waals surface area contributed by atoms with Gasteiger partial charge in [-0.1, -0.05) is 47.5 Å². The van der Waals surface area contributed by atoms with E-state index in [1.54, 1.807) is 0 Å². The van der Waals surface area contributed by atoms with Gasteiger partial charge in [-0.05, 0) is 43.4 Å². The highest BCUT2D eigenvalue weighted by atomic mass is 16.6. The molecule has 0 saturated heterocycles. The van der Waals surface area contributed by atoms with E-state index in [2.05, 4.69) is 27.7 Å². The van der Waals surface area contributed by atoms with Crippen molar-refractivity contribution in [2.75, 3.05) is 20.3 Å². The third-order valence-electron chi connectivity index (χ3n) is 4.72. The molecule has 26 heavy (non-hydrogen) atoms. The zero-order valence-corrected chi connectivity index (χ0v) is 17.7. The molecule has 0 amide bonds. The summed E-state index contributed by atoms with van der Waals surface area (Å²) >= 11 is 0. The van der Waals surface area contributed by atoms with Crippen molar-refractivity contribution in [3.63, 3.8) is 0 Å². The van der Waals surface area contributed by atoms with Gasteiger partial charge in [0.05, 0.1) is 6.61 Å². The number of methoxy groups -OCH3 is 1. The second kappa shape index (κ2) is 15.0. The fraction of sp³-hybridized carbons (Fsp3) is 0.905. The maximum absolute atomic E-state index is 11.4. The average Bonchev–Trinajstić information content (AvgIpc) is 2.56. The maximum Gasteiger partial charge on any atom is 0.332 e. The second-order valence-electron chi connectivity index (χ2n) is 7.61. The molecule has 0 aromatic heterocycles. The Morgan fingerprint density at radius 1 is 1.08 bits per heavy atom. The Morgan fingerprint density at radius 2 is 1.77 bits per heavy atom. The number of ether oxygens (including phenoxy) is 3. The van der Waals surface area contributed by atoms with Gasteiger partial charge in [0.25, 0.3) is 0 Å². The standard InChI is InChI=1S/C13H24O3.C8H16O2/c1-9(2)11-6-5-10(3)7-12(11)16-13(14)8-15-4;1-3-5-7-10-8(9)6-4-2/h9-12H,5-8H2,1-4H3;3-7H2,1-2H3. The molecule has 1 aliphatic carbocycles. The first kappa shape index (κ1) is 24.9. The van der Waals surface area contributed by atoms with E-state index in [4.69, 9.17) is 14.2 Å². The fourth-order valence-electron chi connectivity index (χ4n) is 3.18. The molecule has 0 aromatic carbocycles. The van der Waals surface area contributed by atoms with Crippen molar-refractivity contribution in [3.05, 3.63) is 0 Å². The summed E-state index contributed by atoms with van der Waals surface area (Å²) in [7, 11) is 1.52. The quantitative estimate of drug-likeness (QED) is 0.431. The van der Waals surface area contributed by atoms with Gasteiger partial charge in [-0.15, -0.1) is 0 Å². The van der Waals surface area contributed by atoms with Crippen molar-refractivity contribution in [2.24, 2.45) is 17.8 Å². The predicted octanol–water partition coefficient (Wildman–Crippen LogP) is 4.77. The van der Waals surface area contributed by atoms with Crippen molar-refractivity contribution in [1.82, 2.24) is 0 Å². The molecule has 0 N–H and O–H groups in total. The number of hydrogen-bond donors (Lipinski definition) is 0. The van der Waals surface area contributed by atoms with Crippen molar-refractivity contribution in [3.8, 4) is 0 Å². The Kier molecular flexibility index (Phi) is 14.4. The third kappa shape index (κ3) is 11.5. The first-order valence-corrected chi connectivity index (χ1v) is 10.2. The summed E-state index contributed by atoms with van der Waals surface area (Å²) < 4.78 is 15.2. The zero-order chi connectivity index (χ0) is 19.9. The summed E-state index contributed by atoms with van der Waals surface area (Å²) in [5.74, 6) is 1.46. The van der Waals surface area contributed by atoms with E-state index < -0.39 is 0 Å². The van der Waals surface area contributed by atoms with E-state index >= 15 is 0 Å². The van der Waals surface area contributed by atoms with Crippen LogP contribution >= 0.6 is 0 Å². The van der Waals surface area contributed by atoms with Crippen LogP contribution in [0.3, 0.4) is 0 Å². The number of carbonyl (C=O) groups excluding carboxylic acids is 2. The number of rotatable bonds is 9. The Balaban J connectivity index is 0.000000541. The summed E-state index contributed by atoms with van der Waals surface area (Å²) in [6, 6.07) is 0. The van der Waals surface area contributed by atoms with Crippen molar-refractivity contribution >= 4 is 11.9 Å². The van der Waals surface area contributed by atoms with Gasteiger partial charge in [-0.2, -0.15) is 0 Å². The number of hydrogen-bond acceptors (Lipinski definition) is 5. The summed E-state index contributed by atoms with van der Waals surface area (Å²) in [4.78, 5) is 22.1. The lowest BCUT2D eigenvalue weighted by Gasteiger charge is -2.36. The summed E-state index contributed by atoms with van der Waals surface area (Å²) in [6.07, 6.45) is 7.01. The lowest BCUT2D eigenvalue weighted by molar-refractivity contribution is -0.160. The third-order valence-corrected chi connectivity index (χ3v) is 4.72. The molecule has 3 atom stereocenters. The molecule has 0 radical (unpaired) electrons. The van der Waals surface area contributed by atoms with Crippen LogP contribution in [-0.4, -0.2) is 38.4 Å². The number of esters is 2. The zero-order valence-electron chi connectivity index (χ0n) is 17.7. The minimum Gasteiger partial charge on any atom is -0.466 e. The fourth-order valence-corrected chi connectivity index (χ4v) is 3.18. The van der Waals surface area contributed by atoms with E-state index in [0.29, 0.717) is 30.8 Å². The molecule has 1 aliphatic rings. The first-order valence-electron chi connectivity index (χ1n) is 10.2. The van der Waals surface area contributed by atoms with Crippen molar-refractivity contribution in [1.29, 1.82) is 0 Å². The highest BCUT2D eigenvalue weighted by molar-refractivity contribution is 5.70. The molecule has 0 aliphatic heterocycles. The van der Waals surface area contributed by atoms with Gasteiger partial charge in [0.2, 0.25) is 0 Å². The van der Waals surface area contributed by atoms with Crippen LogP contribution in [0.2, 0.25) is 0 Å². The topological polar surface area (TPSA) is 61.8 Å². The van der Waals surface area contributed by atoms with Gasteiger partial charge < -0.3 is 14.2 Å². The van der Waals surface area contributed by atoms with Crippen molar-refractivity contribution < 1.29 is 23.8 Å². The highest BCUT2D eigenvalue weighted by Gasteiger charge is 2.33. The molecule has 5 nitrogen and oxygen atoms in total. The normalized spacial score (nSPS) is 22.3. The Morgan fingerprint density at radius 3 is 2.31 bits per heavy atom. The minimum absolute atomic E-state index is 0.0593. The van der Waals surface area contributed by atoms with Crippen LogP contribution < -0.4 is 0 Å². The second-order valence-corrected chi connectivity index (χ2v) is 7.61. The van der Waals surface area contributed by atoms with E-state index in [1.807, 2.05) is 6.92 Å². The monoisotopic (exact) mass is 372 g/mol. The molecule has 1 saturated carbocycles. The molecule has 154 valence electrons. The van der Waals surface area contributed by atoms with Crippen LogP contribution in [0.4, 0.5) is 0 Å². The maximum atomic E-state index is 11.4. The Bertz CT molecular complexity index is 381. The minimum atomic E-state index is -0.229. The molecule has 5 heteroatoms. The van der Waals surface area contributed by atoms with Gasteiger partial charge >= 0.3 is 11.9 Å². The van der Waals surface area contributed by atoms with Crippen LogP contribution in [0.15, 0.2) is 0 Å². The summed E-state index contributed by atoms with van der Waals surface area (Å²) in [5.41, 5.74) is 0. The smallest absolute Gasteiger partial charge is 0.332 e. The van der Waals surface area contributed by atoms with Crippen LogP contribution in [0.1, 0.15) is 79.6 Å². The van der Waals surface area contributed by atoms with Gasteiger partial charge in [-0.3, -0.25) is 4.79 Å². The largest absolute Gasteiger partial charge is 0.466 e. The van der Waals surface area contributed by atoms with E-state index in [-0.39, 0.29) is 24.6 Å². The van der Waals surface area contributed by atoms with Gasteiger partial charge in [0.15, 0.2) is 0 Å². The molecule has 0 bridgehead atoms. The summed E-state index contributed by atoms with van der Waals surface area (Å²) in [6.45, 7) is 11.4. The molecular formula is C21H40O5. The summed E-state index contributed by atoms with van der Waals surface area (Å²) in [5, 5.41) is 0. The lowest BCUT2D eigenvalue weighted by atomic mass is 9.75. The van der Waals surface area contributed by atoms with E-state index in [0.717, 1.165) is 25.7 Å². The SMILES string of the molecule is CCCCOC(=O)CCC.COCC(=O)OC1CC(C)CCC1C(C)C. The first-order chi connectivity index (χ1) is 12.3. The molecule has 0 aromatic rings. The number of carbonyl (C=O) groups is 2. The van der Waals surface area contributed by atoms with Gasteiger partial charge in [0.1, 0.15) is 12.7 Å². The van der Waals surface area contributed by atoms with Crippen LogP contribution in [0.25, 0.3) is 0 Å². The van der Waals surface area contributed by atoms with Crippen LogP contribution in [0, 0.1) is 17.8 Å². The van der Waals surface area contributed by atoms with E-state index in [1.165, 1.54) is 20.0 Å². The van der Waals surface area contributed by atoms with E-state index in [9.17, 15) is 9.59 Å². The van der Waals surface area contributed by atoms with Crippen molar-refractivity contribution in [2.45, 2.75) is 85.7 Å². The van der Waals surface area contributed by atoms with Crippen LogP contribution in [-0.2, 0) is 23.8 Å². The molecule has 1 fully saturated rings.